The fraction of sp³-hybridized carbons (Fsp3) is 0.500. The molecular weight excluding hydrogens is 270 g/mol. The zero-order valence-electron chi connectivity index (χ0n) is 11.6. The number of hydrogen-bond acceptors (Lipinski definition) is 7. The Labute approximate surface area is 120 Å². The molecule has 1 atom stereocenters. The summed E-state index contributed by atoms with van der Waals surface area (Å²) < 4.78 is 3.63. The van der Waals surface area contributed by atoms with E-state index >= 15 is 0 Å². The second-order valence-corrected chi connectivity index (χ2v) is 5.12. The normalized spacial score (nSPS) is 17.9. The van der Waals surface area contributed by atoms with E-state index in [1.807, 2.05) is 12.1 Å². The van der Waals surface area contributed by atoms with E-state index in [1.165, 1.54) is 4.63 Å². The van der Waals surface area contributed by atoms with Crippen LogP contribution < -0.4 is 5.32 Å². The van der Waals surface area contributed by atoms with Crippen LogP contribution in [0.4, 0.5) is 5.82 Å². The Hall–Kier alpha value is -2.58. The maximum atomic E-state index is 4.34. The maximum absolute atomic E-state index is 4.34. The average Bonchev–Trinajstić information content (AvgIpc) is 3.12. The standard InChI is InChI=1S/C12H15N9/c1-2-10-14-15-11-5-3-8(7-20(10)11)13-9-4-6-12-16-18-19-21(12)17-9/h4,6,8H,2-3,5,7H2,1H3,(H,13,17)/t8-/m0/s1. The molecule has 0 unspecified atom stereocenters. The van der Waals surface area contributed by atoms with Crippen molar-refractivity contribution in [2.75, 3.05) is 5.32 Å². The topological polar surface area (TPSA) is 98.7 Å². The lowest BCUT2D eigenvalue weighted by atomic mass is 10.1. The number of tetrazole rings is 1. The molecule has 3 aromatic heterocycles. The van der Waals surface area contributed by atoms with Crippen LogP contribution in [0.1, 0.15) is 25.0 Å². The number of rotatable bonds is 3. The van der Waals surface area contributed by atoms with E-state index in [4.69, 9.17) is 0 Å². The summed E-state index contributed by atoms with van der Waals surface area (Å²) in [5, 5.41) is 27.5. The third-order valence-corrected chi connectivity index (χ3v) is 3.76. The highest BCUT2D eigenvalue weighted by Crippen LogP contribution is 2.18. The summed E-state index contributed by atoms with van der Waals surface area (Å²) in [7, 11) is 0. The van der Waals surface area contributed by atoms with Crippen LogP contribution in [0.15, 0.2) is 12.1 Å². The van der Waals surface area contributed by atoms with Crippen LogP contribution in [-0.4, -0.2) is 46.1 Å². The molecule has 0 aromatic carbocycles. The lowest BCUT2D eigenvalue weighted by Crippen LogP contribution is -2.32. The molecule has 4 heterocycles. The number of aryl methyl sites for hydroxylation is 2. The zero-order chi connectivity index (χ0) is 14.2. The van der Waals surface area contributed by atoms with Crippen molar-refractivity contribution in [2.45, 2.75) is 38.8 Å². The fourth-order valence-corrected chi connectivity index (χ4v) is 2.70. The van der Waals surface area contributed by atoms with Crippen LogP contribution in [0, 0.1) is 0 Å². The van der Waals surface area contributed by atoms with E-state index in [1.54, 1.807) is 0 Å². The molecule has 21 heavy (non-hydrogen) atoms. The zero-order valence-corrected chi connectivity index (χ0v) is 11.6. The van der Waals surface area contributed by atoms with Crippen molar-refractivity contribution in [1.82, 2.24) is 40.0 Å². The van der Waals surface area contributed by atoms with Crippen molar-refractivity contribution < 1.29 is 0 Å². The van der Waals surface area contributed by atoms with E-state index < -0.39 is 0 Å². The minimum atomic E-state index is 0.306. The van der Waals surface area contributed by atoms with Gasteiger partial charge in [-0.2, -0.15) is 0 Å². The molecule has 0 aliphatic carbocycles. The minimum absolute atomic E-state index is 0.306. The van der Waals surface area contributed by atoms with Crippen molar-refractivity contribution in [3.63, 3.8) is 0 Å². The summed E-state index contributed by atoms with van der Waals surface area (Å²) in [5.74, 6) is 2.89. The summed E-state index contributed by atoms with van der Waals surface area (Å²) in [6.07, 6.45) is 2.84. The Morgan fingerprint density at radius 1 is 1.29 bits per heavy atom. The van der Waals surface area contributed by atoms with Gasteiger partial charge in [-0.1, -0.05) is 6.92 Å². The van der Waals surface area contributed by atoms with Crippen LogP contribution >= 0.6 is 0 Å². The number of anilines is 1. The Bertz CT molecular complexity index is 760. The van der Waals surface area contributed by atoms with Gasteiger partial charge >= 0.3 is 0 Å². The Morgan fingerprint density at radius 2 is 2.24 bits per heavy atom. The highest BCUT2D eigenvalue weighted by molar-refractivity contribution is 5.42. The Kier molecular flexibility index (Phi) is 2.76. The molecule has 1 aliphatic heterocycles. The predicted molar refractivity (Wildman–Crippen MR) is 73.7 cm³/mol. The van der Waals surface area contributed by atoms with E-state index in [0.717, 1.165) is 43.3 Å². The first-order valence-electron chi connectivity index (χ1n) is 7.06. The summed E-state index contributed by atoms with van der Waals surface area (Å²) in [6, 6.07) is 4.05. The number of nitrogens with one attached hydrogen (secondary N) is 1. The number of hydrogen-bond donors (Lipinski definition) is 1. The molecule has 3 aromatic rings. The number of aromatic nitrogens is 8. The van der Waals surface area contributed by atoms with Crippen molar-refractivity contribution in [2.24, 2.45) is 0 Å². The van der Waals surface area contributed by atoms with Crippen LogP contribution in [0.5, 0.6) is 0 Å². The van der Waals surface area contributed by atoms with Crippen LogP contribution in [0.25, 0.3) is 5.65 Å². The monoisotopic (exact) mass is 285 g/mol. The van der Waals surface area contributed by atoms with E-state index in [0.29, 0.717) is 11.7 Å². The highest BCUT2D eigenvalue weighted by atomic mass is 15.6. The van der Waals surface area contributed by atoms with E-state index in [9.17, 15) is 0 Å². The van der Waals surface area contributed by atoms with E-state index in [2.05, 4.69) is 47.6 Å². The molecule has 4 rings (SSSR count). The minimum Gasteiger partial charge on any atom is -0.364 e. The molecule has 1 aliphatic rings. The average molecular weight is 285 g/mol. The van der Waals surface area contributed by atoms with Crippen LogP contribution in [0.2, 0.25) is 0 Å². The van der Waals surface area contributed by atoms with Gasteiger partial charge in [0, 0.05) is 25.4 Å². The summed E-state index contributed by atoms with van der Waals surface area (Å²) in [4.78, 5) is 0. The third kappa shape index (κ3) is 2.10. The van der Waals surface area contributed by atoms with Gasteiger partial charge in [-0.15, -0.1) is 25.0 Å². The molecule has 0 fully saturated rings. The van der Waals surface area contributed by atoms with Crippen LogP contribution in [-0.2, 0) is 19.4 Å². The second kappa shape index (κ2) is 4.76. The molecule has 0 amide bonds. The third-order valence-electron chi connectivity index (χ3n) is 3.76. The highest BCUT2D eigenvalue weighted by Gasteiger charge is 2.22. The van der Waals surface area contributed by atoms with Gasteiger partial charge in [0.05, 0.1) is 0 Å². The van der Waals surface area contributed by atoms with Gasteiger partial charge in [0.1, 0.15) is 17.5 Å². The van der Waals surface area contributed by atoms with Gasteiger partial charge in [-0.3, -0.25) is 0 Å². The van der Waals surface area contributed by atoms with Gasteiger partial charge in [0.2, 0.25) is 0 Å². The summed E-state index contributed by atoms with van der Waals surface area (Å²) in [5.41, 5.74) is 0.638. The quantitative estimate of drug-likeness (QED) is 0.728. The fourth-order valence-electron chi connectivity index (χ4n) is 2.70. The number of nitrogens with zero attached hydrogens (tertiary/aromatic N) is 8. The second-order valence-electron chi connectivity index (χ2n) is 5.12. The molecule has 1 N–H and O–H groups in total. The molecular formula is C12H15N9. The largest absolute Gasteiger partial charge is 0.364 e. The lowest BCUT2D eigenvalue weighted by Gasteiger charge is -2.25. The smallest absolute Gasteiger partial charge is 0.200 e. The Balaban J connectivity index is 1.55. The molecule has 0 bridgehead atoms. The molecule has 0 saturated carbocycles. The van der Waals surface area contributed by atoms with Crippen molar-refractivity contribution in [3.8, 4) is 0 Å². The molecule has 108 valence electrons. The molecule has 0 spiro atoms. The van der Waals surface area contributed by atoms with Crippen molar-refractivity contribution >= 4 is 11.5 Å². The SMILES string of the molecule is CCc1nnc2n1C[C@@H](Nc1ccc3nnnn3n1)CC2. The molecule has 9 heteroatoms. The lowest BCUT2D eigenvalue weighted by molar-refractivity contribution is 0.464. The first kappa shape index (κ1) is 12.2. The van der Waals surface area contributed by atoms with Crippen molar-refractivity contribution in [1.29, 1.82) is 0 Å². The molecule has 9 nitrogen and oxygen atoms in total. The number of fused-ring (bicyclic) bond motifs is 2. The van der Waals surface area contributed by atoms with Gasteiger partial charge in [0.15, 0.2) is 5.65 Å². The summed E-state index contributed by atoms with van der Waals surface area (Å²) >= 11 is 0. The van der Waals surface area contributed by atoms with Gasteiger partial charge in [-0.05, 0) is 29.0 Å². The molecule has 0 saturated heterocycles. The first-order chi connectivity index (χ1) is 10.3. The summed E-state index contributed by atoms with van der Waals surface area (Å²) in [6.45, 7) is 2.96. The van der Waals surface area contributed by atoms with Gasteiger partial charge in [-0.25, -0.2) is 0 Å². The molecule has 0 radical (unpaired) electrons. The first-order valence-corrected chi connectivity index (χ1v) is 7.06. The van der Waals surface area contributed by atoms with Crippen LogP contribution in [0.3, 0.4) is 0 Å². The van der Waals surface area contributed by atoms with Crippen molar-refractivity contribution in [3.05, 3.63) is 23.8 Å². The maximum Gasteiger partial charge on any atom is 0.200 e. The van der Waals surface area contributed by atoms with E-state index in [-0.39, 0.29) is 0 Å². The van der Waals surface area contributed by atoms with Gasteiger partial charge in [0.25, 0.3) is 0 Å². The Morgan fingerprint density at radius 3 is 3.14 bits per heavy atom. The predicted octanol–water partition coefficient (Wildman–Crippen LogP) is 0.100. The van der Waals surface area contributed by atoms with Gasteiger partial charge < -0.3 is 9.88 Å².